The molecule has 11 N–H and O–H groups in total. The number of H-pyrrole nitrogens is 1. The van der Waals surface area contributed by atoms with Crippen LogP contribution >= 0.6 is 10.5 Å². The summed E-state index contributed by atoms with van der Waals surface area (Å²) in [7, 11) is -0.240. The standard InChI is InChI=1S/C17H26N6O5S/c1-29(3-2-10(18)17(26)27)6-9-4-28-5-11(14(25)13(9)24)23-8-22-12-15(19)20-7-21-16(12)23/h3,7-11,13-14,24-25H,2,4-6,18H2,1H3,(H,26,27)(H2,19,20,21)/p+4. The van der Waals surface area contributed by atoms with Crippen molar-refractivity contribution >= 4 is 45.5 Å². The average molecular weight is 431 g/mol. The molecule has 11 nitrogen and oxygen atoms in total. The Balaban J connectivity index is 1.69. The van der Waals surface area contributed by atoms with Gasteiger partial charge in [0.15, 0.2) is 12.1 Å². The van der Waals surface area contributed by atoms with E-state index in [-0.39, 0.29) is 23.0 Å². The van der Waals surface area contributed by atoms with E-state index >= 15 is 0 Å². The molecule has 1 saturated heterocycles. The molecule has 2 aliphatic heterocycles. The van der Waals surface area contributed by atoms with Crippen molar-refractivity contribution in [2.45, 2.75) is 30.7 Å². The second-order valence-electron chi connectivity index (χ2n) is 7.46. The number of nitrogens with one attached hydrogen (secondary N) is 3. The summed E-state index contributed by atoms with van der Waals surface area (Å²) in [5.74, 6) is 0.493. The summed E-state index contributed by atoms with van der Waals surface area (Å²) >= 11 is 0. The van der Waals surface area contributed by atoms with E-state index < -0.39 is 30.3 Å². The zero-order chi connectivity index (χ0) is 21.1. The number of hydrogen-bond donors (Lipinski definition) is 7. The molecule has 12 heteroatoms. The SMILES string of the molecule is CS(=CCC([NH3+])C(=O)O)CC1COCC([NH+]2C=[NH+]c3c2nc[nH+]c3N)C(O)C1O. The first kappa shape index (κ1) is 21.7. The van der Waals surface area contributed by atoms with Crippen molar-refractivity contribution < 1.29 is 45.5 Å². The first-order valence-corrected chi connectivity index (χ1v) is 11.2. The van der Waals surface area contributed by atoms with Crippen LogP contribution in [0, 0.1) is 5.92 Å². The van der Waals surface area contributed by atoms with Gasteiger partial charge in [-0.2, -0.15) is 20.4 Å². The molecule has 7 atom stereocenters. The smallest absolute Gasteiger partial charge is 0.387 e. The van der Waals surface area contributed by atoms with Gasteiger partial charge in [0.2, 0.25) is 6.33 Å². The van der Waals surface area contributed by atoms with Gasteiger partial charge in [-0.1, -0.05) is 5.37 Å². The van der Waals surface area contributed by atoms with E-state index in [0.29, 0.717) is 36.1 Å². The van der Waals surface area contributed by atoms with E-state index in [0.717, 1.165) is 4.90 Å². The van der Waals surface area contributed by atoms with Crippen molar-refractivity contribution in [3.63, 3.8) is 0 Å². The molecule has 0 aromatic carbocycles. The third-order valence-corrected chi connectivity index (χ3v) is 7.05. The van der Waals surface area contributed by atoms with Gasteiger partial charge in [-0.25, -0.2) is 9.78 Å². The molecule has 0 spiro atoms. The minimum atomic E-state index is -1.02. The number of ether oxygens (including phenoxy) is 1. The number of carboxylic acid groups (broad SMARTS) is 1. The van der Waals surface area contributed by atoms with Gasteiger partial charge in [-0.05, 0) is 17.0 Å². The third kappa shape index (κ3) is 4.79. The van der Waals surface area contributed by atoms with Gasteiger partial charge >= 0.3 is 29.6 Å². The fourth-order valence-electron chi connectivity index (χ4n) is 3.56. The number of aliphatic hydroxyl groups excluding tert-OH is 2. The molecular weight excluding hydrogens is 400 g/mol. The predicted molar refractivity (Wildman–Crippen MR) is 106 cm³/mol. The van der Waals surface area contributed by atoms with Gasteiger partial charge in [0, 0.05) is 12.3 Å². The second kappa shape index (κ2) is 9.24. The molecule has 7 unspecified atom stereocenters. The number of aliphatic hydroxyl groups is 2. The van der Waals surface area contributed by atoms with Crippen LogP contribution in [0.15, 0.2) is 6.33 Å². The summed E-state index contributed by atoms with van der Waals surface area (Å²) in [6.07, 6.45) is 3.58. The topological polar surface area (TPSA) is 186 Å². The highest BCUT2D eigenvalue weighted by molar-refractivity contribution is 8.14. The molecule has 1 fully saturated rings. The Morgan fingerprint density at radius 3 is 3.00 bits per heavy atom. The van der Waals surface area contributed by atoms with Crippen LogP contribution in [0.1, 0.15) is 6.42 Å². The lowest BCUT2D eigenvalue weighted by molar-refractivity contribution is -0.773. The maximum atomic E-state index is 10.9. The molecule has 3 heterocycles. The highest BCUT2D eigenvalue weighted by Crippen LogP contribution is 2.23. The summed E-state index contributed by atoms with van der Waals surface area (Å²) < 4.78 is 5.81. The number of aliphatic carboxylic acids is 1. The molecule has 0 amide bonds. The molecule has 29 heavy (non-hydrogen) atoms. The van der Waals surface area contributed by atoms with Gasteiger partial charge in [-0.15, -0.1) is 0 Å². The highest BCUT2D eigenvalue weighted by atomic mass is 32.2. The first-order valence-electron chi connectivity index (χ1n) is 9.37. The largest absolute Gasteiger partial charge is 0.477 e. The molecule has 160 valence electrons. The number of carbonyl (C=O) groups is 1. The van der Waals surface area contributed by atoms with Crippen molar-refractivity contribution in [3.8, 4) is 0 Å². The normalized spacial score (nSPS) is 31.2. The maximum absolute atomic E-state index is 10.9. The summed E-state index contributed by atoms with van der Waals surface area (Å²) in [6.45, 7) is 0.571. The quantitative estimate of drug-likeness (QED) is 0.219. The number of aromatic nitrogens is 2. The van der Waals surface area contributed by atoms with Crippen molar-refractivity contribution in [2.24, 2.45) is 5.92 Å². The Morgan fingerprint density at radius 1 is 1.52 bits per heavy atom. The molecule has 0 radical (unpaired) electrons. The van der Waals surface area contributed by atoms with Crippen LogP contribution in [0.25, 0.3) is 0 Å². The Bertz CT molecular complexity index is 822. The number of hydrogen-bond acceptors (Lipinski definition) is 6. The van der Waals surface area contributed by atoms with Crippen LogP contribution in [0.4, 0.5) is 17.3 Å². The van der Waals surface area contributed by atoms with E-state index in [1.54, 1.807) is 6.34 Å². The molecule has 0 saturated carbocycles. The number of fused-ring (bicyclic) bond motifs is 1. The average Bonchev–Trinajstić information content (AvgIpc) is 3.07. The van der Waals surface area contributed by atoms with Gasteiger partial charge in [0.05, 0.1) is 12.7 Å². The van der Waals surface area contributed by atoms with E-state index in [1.807, 2.05) is 11.6 Å². The molecule has 2 aliphatic rings. The van der Waals surface area contributed by atoms with Gasteiger partial charge in [0.25, 0.3) is 0 Å². The molecule has 0 bridgehead atoms. The number of nitrogens with zero attached hydrogens (tertiary/aromatic N) is 1. The number of rotatable bonds is 6. The Labute approximate surface area is 170 Å². The van der Waals surface area contributed by atoms with E-state index in [1.165, 1.54) is 6.33 Å². The Morgan fingerprint density at radius 2 is 2.28 bits per heavy atom. The maximum Gasteiger partial charge on any atom is 0.387 e. The van der Waals surface area contributed by atoms with Crippen LogP contribution < -0.4 is 26.3 Å². The van der Waals surface area contributed by atoms with Crippen LogP contribution in [0.5, 0.6) is 0 Å². The predicted octanol–water partition coefficient (Wildman–Crippen LogP) is -5.73. The third-order valence-electron chi connectivity index (χ3n) is 5.33. The monoisotopic (exact) mass is 430 g/mol. The van der Waals surface area contributed by atoms with Crippen LogP contribution in [0.2, 0.25) is 0 Å². The number of nitrogen functional groups attached to an aromatic ring is 1. The first-order chi connectivity index (χ1) is 13.8. The Kier molecular flexibility index (Phi) is 6.93. The number of anilines is 1. The number of nitrogens with two attached hydrogens (primary N) is 1. The van der Waals surface area contributed by atoms with Crippen molar-refractivity contribution in [1.29, 1.82) is 0 Å². The molecule has 1 aromatic rings. The fourth-order valence-corrected chi connectivity index (χ4v) is 5.23. The van der Waals surface area contributed by atoms with Crippen LogP contribution in [0.3, 0.4) is 0 Å². The zero-order valence-electron chi connectivity index (χ0n) is 16.2. The van der Waals surface area contributed by atoms with Crippen LogP contribution in [-0.4, -0.2) is 87.5 Å². The molecule has 3 rings (SSSR count). The minimum absolute atomic E-state index is 0.240. The van der Waals surface area contributed by atoms with Gasteiger partial charge in [0.1, 0.15) is 12.7 Å². The molecule has 0 aliphatic carbocycles. The van der Waals surface area contributed by atoms with Crippen molar-refractivity contribution in [1.82, 2.24) is 4.98 Å². The van der Waals surface area contributed by atoms with Gasteiger partial charge in [-0.3, -0.25) is 0 Å². The van der Waals surface area contributed by atoms with E-state index in [2.05, 4.69) is 20.7 Å². The minimum Gasteiger partial charge on any atom is -0.477 e. The lowest BCUT2D eigenvalue weighted by Gasteiger charge is -2.27. The lowest BCUT2D eigenvalue weighted by atomic mass is 9.96. The van der Waals surface area contributed by atoms with E-state index in [9.17, 15) is 15.0 Å². The zero-order valence-corrected chi connectivity index (χ0v) is 17.1. The van der Waals surface area contributed by atoms with Crippen LogP contribution in [-0.2, 0) is 9.53 Å². The van der Waals surface area contributed by atoms with Crippen molar-refractivity contribution in [2.75, 3.05) is 31.0 Å². The Hall–Kier alpha value is -1.96. The number of aromatic amines is 1. The summed E-state index contributed by atoms with van der Waals surface area (Å²) in [6, 6.07) is -1.13. The summed E-state index contributed by atoms with van der Waals surface area (Å²) in [5, 5.41) is 32.6. The fraction of sp³-hybridized carbons (Fsp3) is 0.588. The van der Waals surface area contributed by atoms with Gasteiger partial charge < -0.3 is 31.5 Å². The lowest BCUT2D eigenvalue weighted by Crippen LogP contribution is -3.14. The number of quaternary nitrogens is 2. The summed E-state index contributed by atoms with van der Waals surface area (Å²) in [5.41, 5.74) is 10.2. The number of carboxylic acids is 1. The molecular formula is C17H30N6O5S+4. The second-order valence-corrected chi connectivity index (χ2v) is 9.51. The molecule has 1 aromatic heterocycles. The highest BCUT2D eigenvalue weighted by Gasteiger charge is 2.48. The summed E-state index contributed by atoms with van der Waals surface area (Å²) in [4.78, 5) is 21.9. The van der Waals surface area contributed by atoms with Crippen molar-refractivity contribution in [3.05, 3.63) is 6.33 Å². The van der Waals surface area contributed by atoms with E-state index in [4.69, 9.17) is 15.6 Å².